The lowest BCUT2D eigenvalue weighted by Crippen LogP contribution is -2.17. The standard InChI is InChI=1S/C15H14FNO/c16-12-5-6-15(14(17)9-12)18-13-7-10-3-1-2-4-11(10)8-13/h1-6,9,13H,7-8,17H2. The molecule has 0 saturated carbocycles. The average molecular weight is 243 g/mol. The van der Waals surface area contributed by atoms with Crippen LogP contribution in [0.25, 0.3) is 0 Å². The molecule has 0 radical (unpaired) electrons. The SMILES string of the molecule is Nc1cc(F)ccc1OC1Cc2ccccc2C1. The largest absolute Gasteiger partial charge is 0.488 e. The van der Waals surface area contributed by atoms with Gasteiger partial charge in [-0.15, -0.1) is 0 Å². The van der Waals surface area contributed by atoms with Crippen molar-refractivity contribution in [3.8, 4) is 5.75 Å². The monoisotopic (exact) mass is 243 g/mol. The Morgan fingerprint density at radius 3 is 2.33 bits per heavy atom. The summed E-state index contributed by atoms with van der Waals surface area (Å²) >= 11 is 0. The summed E-state index contributed by atoms with van der Waals surface area (Å²) in [4.78, 5) is 0. The zero-order valence-electron chi connectivity index (χ0n) is 9.90. The molecule has 0 saturated heterocycles. The molecule has 18 heavy (non-hydrogen) atoms. The first-order valence-corrected chi connectivity index (χ1v) is 6.01. The summed E-state index contributed by atoms with van der Waals surface area (Å²) in [7, 11) is 0. The van der Waals surface area contributed by atoms with Gasteiger partial charge in [-0.2, -0.15) is 0 Å². The molecule has 2 aromatic carbocycles. The third kappa shape index (κ3) is 2.04. The van der Waals surface area contributed by atoms with Crippen molar-refractivity contribution in [1.82, 2.24) is 0 Å². The summed E-state index contributed by atoms with van der Waals surface area (Å²) < 4.78 is 18.8. The Hall–Kier alpha value is -2.03. The highest BCUT2D eigenvalue weighted by molar-refractivity contribution is 5.52. The fourth-order valence-electron chi connectivity index (χ4n) is 2.41. The van der Waals surface area contributed by atoms with Gasteiger partial charge in [0.2, 0.25) is 0 Å². The van der Waals surface area contributed by atoms with Crippen molar-refractivity contribution in [2.75, 3.05) is 5.73 Å². The van der Waals surface area contributed by atoms with Gasteiger partial charge in [0.25, 0.3) is 0 Å². The van der Waals surface area contributed by atoms with Crippen molar-refractivity contribution >= 4 is 5.69 Å². The maximum absolute atomic E-state index is 12.9. The van der Waals surface area contributed by atoms with Gasteiger partial charge >= 0.3 is 0 Å². The first-order chi connectivity index (χ1) is 8.72. The minimum Gasteiger partial charge on any atom is -0.488 e. The van der Waals surface area contributed by atoms with Gasteiger partial charge in [0.1, 0.15) is 17.7 Å². The quantitative estimate of drug-likeness (QED) is 0.823. The highest BCUT2D eigenvalue weighted by Crippen LogP contribution is 2.28. The Bertz CT molecular complexity index is 557. The zero-order chi connectivity index (χ0) is 12.5. The number of fused-ring (bicyclic) bond motifs is 1. The second-order valence-corrected chi connectivity index (χ2v) is 4.60. The number of hydrogen-bond acceptors (Lipinski definition) is 2. The molecule has 0 bridgehead atoms. The van der Waals surface area contributed by atoms with Gasteiger partial charge in [-0.1, -0.05) is 24.3 Å². The summed E-state index contributed by atoms with van der Waals surface area (Å²) in [5.41, 5.74) is 8.74. The Labute approximate surface area is 105 Å². The maximum Gasteiger partial charge on any atom is 0.142 e. The molecule has 3 rings (SSSR count). The Morgan fingerprint density at radius 2 is 1.72 bits per heavy atom. The van der Waals surface area contributed by atoms with Crippen molar-refractivity contribution in [1.29, 1.82) is 0 Å². The highest BCUT2D eigenvalue weighted by atomic mass is 19.1. The van der Waals surface area contributed by atoms with E-state index in [1.807, 2.05) is 12.1 Å². The Morgan fingerprint density at radius 1 is 1.06 bits per heavy atom. The molecule has 0 aromatic heterocycles. The smallest absolute Gasteiger partial charge is 0.142 e. The number of benzene rings is 2. The first kappa shape index (κ1) is 11.1. The zero-order valence-corrected chi connectivity index (χ0v) is 9.90. The predicted octanol–water partition coefficient (Wildman–Crippen LogP) is 2.95. The molecule has 2 aromatic rings. The normalized spacial score (nSPS) is 14.5. The van der Waals surface area contributed by atoms with E-state index in [1.54, 1.807) is 6.07 Å². The van der Waals surface area contributed by atoms with E-state index in [0.29, 0.717) is 11.4 Å². The Balaban J connectivity index is 1.76. The molecule has 3 heteroatoms. The van der Waals surface area contributed by atoms with Crippen molar-refractivity contribution in [2.45, 2.75) is 18.9 Å². The molecule has 0 atom stereocenters. The van der Waals surface area contributed by atoms with Crippen LogP contribution in [0.2, 0.25) is 0 Å². The van der Waals surface area contributed by atoms with Crippen LogP contribution in [-0.4, -0.2) is 6.10 Å². The molecule has 0 fully saturated rings. The van der Waals surface area contributed by atoms with Crippen LogP contribution in [0.5, 0.6) is 5.75 Å². The summed E-state index contributed by atoms with van der Waals surface area (Å²) in [5, 5.41) is 0. The topological polar surface area (TPSA) is 35.2 Å². The van der Waals surface area contributed by atoms with Crippen molar-refractivity contribution in [3.63, 3.8) is 0 Å². The Kier molecular flexibility index (Phi) is 2.67. The third-order valence-corrected chi connectivity index (χ3v) is 3.28. The second-order valence-electron chi connectivity index (χ2n) is 4.60. The number of nitrogen functional groups attached to an aromatic ring is 1. The lowest BCUT2D eigenvalue weighted by atomic mass is 10.1. The molecule has 0 spiro atoms. The highest BCUT2D eigenvalue weighted by Gasteiger charge is 2.22. The van der Waals surface area contributed by atoms with E-state index in [4.69, 9.17) is 10.5 Å². The van der Waals surface area contributed by atoms with Gasteiger partial charge in [-0.25, -0.2) is 4.39 Å². The summed E-state index contributed by atoms with van der Waals surface area (Å²) in [6.07, 6.45) is 1.86. The van der Waals surface area contributed by atoms with Crippen LogP contribution in [0.1, 0.15) is 11.1 Å². The number of halogens is 1. The van der Waals surface area contributed by atoms with Crippen LogP contribution in [0.15, 0.2) is 42.5 Å². The molecule has 2 N–H and O–H groups in total. The summed E-state index contributed by atoms with van der Waals surface area (Å²) in [6, 6.07) is 12.6. The fraction of sp³-hybridized carbons (Fsp3) is 0.200. The lowest BCUT2D eigenvalue weighted by Gasteiger charge is -2.14. The van der Waals surface area contributed by atoms with Gasteiger partial charge in [-0.05, 0) is 23.3 Å². The number of rotatable bonds is 2. The fourth-order valence-corrected chi connectivity index (χ4v) is 2.41. The lowest BCUT2D eigenvalue weighted by molar-refractivity contribution is 0.215. The molecule has 0 aliphatic heterocycles. The predicted molar refractivity (Wildman–Crippen MR) is 69.1 cm³/mol. The van der Waals surface area contributed by atoms with E-state index in [1.165, 1.54) is 23.3 Å². The maximum atomic E-state index is 12.9. The summed E-state index contributed by atoms with van der Waals surface area (Å²) in [5.74, 6) is 0.226. The van der Waals surface area contributed by atoms with E-state index in [-0.39, 0.29) is 11.9 Å². The van der Waals surface area contributed by atoms with Crippen LogP contribution in [-0.2, 0) is 12.8 Å². The van der Waals surface area contributed by atoms with Crippen molar-refractivity contribution in [2.24, 2.45) is 0 Å². The molecule has 92 valence electrons. The molecule has 0 unspecified atom stereocenters. The molecule has 1 aliphatic carbocycles. The van der Waals surface area contributed by atoms with Crippen molar-refractivity contribution in [3.05, 3.63) is 59.4 Å². The van der Waals surface area contributed by atoms with Crippen LogP contribution in [0, 0.1) is 5.82 Å². The van der Waals surface area contributed by atoms with Gasteiger partial charge in [0, 0.05) is 18.9 Å². The minimum absolute atomic E-state index is 0.0927. The van der Waals surface area contributed by atoms with Gasteiger partial charge in [-0.3, -0.25) is 0 Å². The van der Waals surface area contributed by atoms with Gasteiger partial charge < -0.3 is 10.5 Å². The van der Waals surface area contributed by atoms with Gasteiger partial charge in [0.05, 0.1) is 5.69 Å². The first-order valence-electron chi connectivity index (χ1n) is 6.01. The summed E-state index contributed by atoms with van der Waals surface area (Å²) in [6.45, 7) is 0. The van der Waals surface area contributed by atoms with E-state index >= 15 is 0 Å². The van der Waals surface area contributed by atoms with Crippen LogP contribution in [0.3, 0.4) is 0 Å². The molecular weight excluding hydrogens is 229 g/mol. The van der Waals surface area contributed by atoms with Crippen LogP contribution >= 0.6 is 0 Å². The van der Waals surface area contributed by atoms with E-state index in [9.17, 15) is 4.39 Å². The molecular formula is C15H14FNO. The number of anilines is 1. The molecule has 0 amide bonds. The molecule has 2 nitrogen and oxygen atoms in total. The molecule has 1 aliphatic rings. The number of ether oxygens (including phenoxy) is 1. The second kappa shape index (κ2) is 4.33. The van der Waals surface area contributed by atoms with Crippen LogP contribution in [0.4, 0.5) is 10.1 Å². The average Bonchev–Trinajstić information content (AvgIpc) is 2.75. The van der Waals surface area contributed by atoms with Crippen molar-refractivity contribution < 1.29 is 9.13 Å². The van der Waals surface area contributed by atoms with Crippen LogP contribution < -0.4 is 10.5 Å². The molecule has 0 heterocycles. The third-order valence-electron chi connectivity index (χ3n) is 3.28. The van der Waals surface area contributed by atoms with E-state index in [2.05, 4.69) is 12.1 Å². The minimum atomic E-state index is -0.338. The number of nitrogens with two attached hydrogens (primary N) is 1. The number of hydrogen-bond donors (Lipinski definition) is 1. The van der Waals surface area contributed by atoms with E-state index < -0.39 is 0 Å². The van der Waals surface area contributed by atoms with E-state index in [0.717, 1.165) is 12.8 Å². The van der Waals surface area contributed by atoms with Gasteiger partial charge in [0.15, 0.2) is 0 Å².